The Morgan fingerprint density at radius 2 is 2.14 bits per heavy atom. The van der Waals surface area contributed by atoms with Crippen LogP contribution in [0.1, 0.15) is 26.3 Å². The van der Waals surface area contributed by atoms with Gasteiger partial charge in [-0.3, -0.25) is 5.32 Å². The summed E-state index contributed by atoms with van der Waals surface area (Å²) in [4.78, 5) is 14.4. The topological polar surface area (TPSA) is 117 Å². The number of carbonyl (C=O) groups excluding carboxylic acids is 1. The highest BCUT2D eigenvalue weighted by molar-refractivity contribution is 5.88. The van der Waals surface area contributed by atoms with Gasteiger partial charge in [-0.15, -0.1) is 0 Å². The van der Waals surface area contributed by atoms with Crippen molar-refractivity contribution in [1.82, 2.24) is 0 Å². The van der Waals surface area contributed by atoms with Crippen LogP contribution in [0.4, 0.5) is 10.5 Å². The van der Waals surface area contributed by atoms with Gasteiger partial charge in [0.2, 0.25) is 0 Å². The Morgan fingerprint density at radius 1 is 1.48 bits per heavy atom. The van der Waals surface area contributed by atoms with Crippen LogP contribution < -0.4 is 10.1 Å². The molecule has 0 spiro atoms. The molecular formula is C13H18N4O4. The van der Waals surface area contributed by atoms with E-state index >= 15 is 0 Å². The summed E-state index contributed by atoms with van der Waals surface area (Å²) in [6.45, 7) is 5.25. The lowest BCUT2D eigenvalue weighted by atomic mass is 10.1. The summed E-state index contributed by atoms with van der Waals surface area (Å²) >= 11 is 0. The van der Waals surface area contributed by atoms with Gasteiger partial charge in [-0.25, -0.2) is 4.79 Å². The predicted molar refractivity (Wildman–Crippen MR) is 77.4 cm³/mol. The highest BCUT2D eigenvalue weighted by Crippen LogP contribution is 2.36. The van der Waals surface area contributed by atoms with Crippen molar-refractivity contribution in [3.8, 4) is 11.5 Å². The molecule has 0 atom stereocenters. The Labute approximate surface area is 122 Å². The molecule has 0 radical (unpaired) electrons. The number of benzene rings is 1. The molecule has 1 aromatic carbocycles. The van der Waals surface area contributed by atoms with Crippen molar-refractivity contribution in [2.24, 2.45) is 5.11 Å². The minimum Gasteiger partial charge on any atom is -0.503 e. The molecule has 114 valence electrons. The van der Waals surface area contributed by atoms with Crippen molar-refractivity contribution in [3.05, 3.63) is 28.1 Å². The van der Waals surface area contributed by atoms with E-state index in [1.54, 1.807) is 20.8 Å². The summed E-state index contributed by atoms with van der Waals surface area (Å²) in [5.41, 5.74) is 8.37. The molecule has 8 nitrogen and oxygen atoms in total. The van der Waals surface area contributed by atoms with Crippen molar-refractivity contribution in [3.63, 3.8) is 0 Å². The molecular weight excluding hydrogens is 276 g/mol. The lowest BCUT2D eigenvalue weighted by Gasteiger charge is -2.20. The van der Waals surface area contributed by atoms with Crippen LogP contribution in [0.3, 0.4) is 0 Å². The van der Waals surface area contributed by atoms with Crippen LogP contribution in [-0.4, -0.2) is 23.9 Å². The third kappa shape index (κ3) is 5.12. The monoisotopic (exact) mass is 294 g/mol. The third-order valence-electron chi connectivity index (χ3n) is 2.31. The van der Waals surface area contributed by atoms with E-state index in [2.05, 4.69) is 15.3 Å². The second-order valence-corrected chi connectivity index (χ2v) is 5.21. The number of nitrogens with zero attached hydrogens (tertiary/aromatic N) is 3. The number of phenols is 1. The van der Waals surface area contributed by atoms with Crippen molar-refractivity contribution < 1.29 is 19.4 Å². The lowest BCUT2D eigenvalue weighted by molar-refractivity contribution is 0.0635. The zero-order chi connectivity index (χ0) is 16.0. The van der Waals surface area contributed by atoms with E-state index in [1.807, 2.05) is 0 Å². The van der Waals surface area contributed by atoms with Crippen LogP contribution >= 0.6 is 0 Å². The summed E-state index contributed by atoms with van der Waals surface area (Å²) in [6.07, 6.45) is -0.708. The zero-order valence-electron chi connectivity index (χ0n) is 12.4. The maximum Gasteiger partial charge on any atom is 0.412 e. The first-order valence-electron chi connectivity index (χ1n) is 6.17. The standard InChI is InChI=1S/C13H18N4O4/c1-13(2,3)21-12(19)16-9-5-8(7-15-17-14)6-10(20-4)11(9)18/h5-6,18H,7H2,1-4H3,(H,16,19). The number of amides is 1. The Balaban J connectivity index is 3.04. The molecule has 0 bridgehead atoms. The number of azide groups is 1. The molecule has 0 aliphatic carbocycles. The highest BCUT2D eigenvalue weighted by atomic mass is 16.6. The fourth-order valence-corrected chi connectivity index (χ4v) is 1.53. The van der Waals surface area contributed by atoms with Crippen LogP contribution in [0.5, 0.6) is 11.5 Å². The molecule has 0 saturated carbocycles. The second-order valence-electron chi connectivity index (χ2n) is 5.21. The molecule has 0 aliphatic rings. The molecule has 2 N–H and O–H groups in total. The van der Waals surface area contributed by atoms with Gasteiger partial charge >= 0.3 is 6.09 Å². The maximum absolute atomic E-state index is 11.7. The third-order valence-corrected chi connectivity index (χ3v) is 2.31. The molecule has 1 aromatic rings. The molecule has 0 unspecified atom stereocenters. The van der Waals surface area contributed by atoms with E-state index in [0.29, 0.717) is 5.56 Å². The molecule has 21 heavy (non-hydrogen) atoms. The number of hydrogen-bond donors (Lipinski definition) is 2. The van der Waals surface area contributed by atoms with Gasteiger partial charge in [-0.05, 0) is 44.0 Å². The van der Waals surface area contributed by atoms with E-state index in [1.165, 1.54) is 19.2 Å². The average Bonchev–Trinajstić information content (AvgIpc) is 2.37. The van der Waals surface area contributed by atoms with Gasteiger partial charge in [0.1, 0.15) is 5.60 Å². The van der Waals surface area contributed by atoms with Gasteiger partial charge in [-0.1, -0.05) is 5.11 Å². The van der Waals surface area contributed by atoms with E-state index in [9.17, 15) is 9.90 Å². The van der Waals surface area contributed by atoms with Gasteiger partial charge in [0, 0.05) is 4.91 Å². The summed E-state index contributed by atoms with van der Waals surface area (Å²) < 4.78 is 10.1. The zero-order valence-corrected chi connectivity index (χ0v) is 12.4. The summed E-state index contributed by atoms with van der Waals surface area (Å²) in [5, 5.41) is 15.8. The minimum absolute atomic E-state index is 0.0656. The SMILES string of the molecule is COc1cc(CN=[N+]=[N-])cc(NC(=O)OC(C)(C)C)c1O. The Bertz CT molecular complexity index is 574. The number of aromatic hydroxyl groups is 1. The van der Waals surface area contributed by atoms with E-state index in [4.69, 9.17) is 15.0 Å². The number of hydrogen-bond acceptors (Lipinski definition) is 5. The second kappa shape index (κ2) is 6.71. The lowest BCUT2D eigenvalue weighted by Crippen LogP contribution is -2.27. The minimum atomic E-state index is -0.708. The number of ether oxygens (including phenoxy) is 2. The number of anilines is 1. The highest BCUT2D eigenvalue weighted by Gasteiger charge is 2.19. The van der Waals surface area contributed by atoms with Crippen LogP contribution in [0, 0.1) is 0 Å². The van der Waals surface area contributed by atoms with Crippen LogP contribution in [0.25, 0.3) is 10.4 Å². The maximum atomic E-state index is 11.7. The smallest absolute Gasteiger partial charge is 0.412 e. The van der Waals surface area contributed by atoms with Gasteiger partial charge in [0.05, 0.1) is 19.3 Å². The van der Waals surface area contributed by atoms with Crippen molar-refractivity contribution in [2.75, 3.05) is 12.4 Å². The first-order valence-corrected chi connectivity index (χ1v) is 6.17. The molecule has 1 rings (SSSR count). The number of methoxy groups -OCH3 is 1. The quantitative estimate of drug-likeness (QED) is 0.382. The van der Waals surface area contributed by atoms with E-state index < -0.39 is 11.7 Å². The van der Waals surface area contributed by atoms with Crippen molar-refractivity contribution in [2.45, 2.75) is 32.9 Å². The largest absolute Gasteiger partial charge is 0.503 e. The first kappa shape index (κ1) is 16.5. The van der Waals surface area contributed by atoms with Crippen LogP contribution in [0.2, 0.25) is 0 Å². The first-order chi connectivity index (χ1) is 9.76. The normalized spacial score (nSPS) is 10.5. The van der Waals surface area contributed by atoms with E-state index in [0.717, 1.165) is 0 Å². The van der Waals surface area contributed by atoms with Crippen molar-refractivity contribution in [1.29, 1.82) is 0 Å². The average molecular weight is 294 g/mol. The van der Waals surface area contributed by atoms with Crippen LogP contribution in [0.15, 0.2) is 17.2 Å². The van der Waals surface area contributed by atoms with Gasteiger partial charge in [0.15, 0.2) is 11.5 Å². The number of phenolic OH excluding ortho intramolecular Hbond substituents is 1. The summed E-state index contributed by atoms with van der Waals surface area (Å²) in [5.74, 6) is -0.0697. The molecule has 0 fully saturated rings. The fraction of sp³-hybridized carbons (Fsp3) is 0.462. The Kier molecular flexibility index (Phi) is 5.26. The molecule has 0 aliphatic heterocycles. The molecule has 0 aromatic heterocycles. The predicted octanol–water partition coefficient (Wildman–Crippen LogP) is 3.56. The number of carbonyl (C=O) groups is 1. The summed E-state index contributed by atoms with van der Waals surface area (Å²) in [7, 11) is 1.38. The van der Waals surface area contributed by atoms with Gasteiger partial charge < -0.3 is 14.6 Å². The van der Waals surface area contributed by atoms with Gasteiger partial charge in [-0.2, -0.15) is 0 Å². The molecule has 8 heteroatoms. The molecule has 1 amide bonds. The van der Waals surface area contributed by atoms with Crippen molar-refractivity contribution >= 4 is 11.8 Å². The number of rotatable bonds is 4. The fourth-order valence-electron chi connectivity index (χ4n) is 1.53. The number of nitrogens with one attached hydrogen (secondary N) is 1. The summed E-state index contributed by atoms with van der Waals surface area (Å²) in [6, 6.07) is 3.00. The van der Waals surface area contributed by atoms with E-state index in [-0.39, 0.29) is 23.7 Å². The Morgan fingerprint density at radius 3 is 2.67 bits per heavy atom. The van der Waals surface area contributed by atoms with Gasteiger partial charge in [0.25, 0.3) is 0 Å². The molecule has 0 heterocycles. The molecule has 0 saturated heterocycles. The van der Waals surface area contributed by atoms with Crippen LogP contribution in [-0.2, 0) is 11.3 Å². The Hall–Kier alpha value is -2.60.